The van der Waals surface area contributed by atoms with Crippen LogP contribution < -0.4 is 5.56 Å². The second-order valence-corrected chi connectivity index (χ2v) is 7.96. The van der Waals surface area contributed by atoms with E-state index in [1.807, 2.05) is 7.05 Å². The molecule has 1 N–H and O–H groups in total. The van der Waals surface area contributed by atoms with Gasteiger partial charge in [0, 0.05) is 6.54 Å². The largest absolute Gasteiger partial charge is 0.465 e. The summed E-state index contributed by atoms with van der Waals surface area (Å²) in [7, 11) is 3.28. The quantitative estimate of drug-likeness (QED) is 0.640. The van der Waals surface area contributed by atoms with Crippen molar-refractivity contribution in [2.75, 3.05) is 14.2 Å². The number of carbonyl (C=O) groups excluding carboxylic acids is 1. The van der Waals surface area contributed by atoms with Crippen LogP contribution in [0.25, 0.3) is 10.9 Å². The van der Waals surface area contributed by atoms with Crippen molar-refractivity contribution < 1.29 is 9.53 Å². The van der Waals surface area contributed by atoms with Crippen molar-refractivity contribution in [1.29, 1.82) is 0 Å². The van der Waals surface area contributed by atoms with E-state index < -0.39 is 5.97 Å². The maximum atomic E-state index is 12.3. The van der Waals surface area contributed by atoms with Gasteiger partial charge in [0.25, 0.3) is 5.56 Å². The minimum atomic E-state index is -0.453. The lowest BCUT2D eigenvalue weighted by Crippen LogP contribution is -2.21. The SMILES string of the molecule is COC(=O)c1ccc2c(=O)[nH]c(CN(C)Cc3csc(Br)c3)nc2c1. The number of nitrogens with one attached hydrogen (secondary N) is 1. The number of halogens is 1. The number of hydrogen-bond acceptors (Lipinski definition) is 6. The molecule has 3 rings (SSSR count). The summed E-state index contributed by atoms with van der Waals surface area (Å²) < 4.78 is 5.80. The summed E-state index contributed by atoms with van der Waals surface area (Å²) in [5, 5.41) is 2.53. The van der Waals surface area contributed by atoms with Crippen LogP contribution in [0.3, 0.4) is 0 Å². The van der Waals surface area contributed by atoms with Gasteiger partial charge in [-0.2, -0.15) is 0 Å². The summed E-state index contributed by atoms with van der Waals surface area (Å²) in [6.45, 7) is 1.23. The molecule has 0 atom stereocenters. The number of fused-ring (bicyclic) bond motifs is 1. The number of rotatable bonds is 5. The van der Waals surface area contributed by atoms with Gasteiger partial charge in [-0.3, -0.25) is 9.69 Å². The first-order valence-corrected chi connectivity index (χ1v) is 9.16. The van der Waals surface area contributed by atoms with Crippen LogP contribution in [-0.4, -0.2) is 35.0 Å². The van der Waals surface area contributed by atoms with Crippen molar-refractivity contribution in [2.45, 2.75) is 13.1 Å². The van der Waals surface area contributed by atoms with Gasteiger partial charge in [0.1, 0.15) is 5.82 Å². The minimum Gasteiger partial charge on any atom is -0.465 e. The van der Waals surface area contributed by atoms with Crippen molar-refractivity contribution in [3.63, 3.8) is 0 Å². The van der Waals surface area contributed by atoms with Crippen molar-refractivity contribution in [3.8, 4) is 0 Å². The second-order valence-electron chi connectivity index (χ2n) is 5.67. The molecule has 0 aliphatic carbocycles. The summed E-state index contributed by atoms with van der Waals surface area (Å²) in [6, 6.07) is 6.80. The number of esters is 1. The summed E-state index contributed by atoms with van der Waals surface area (Å²) in [5.74, 6) is 0.0991. The van der Waals surface area contributed by atoms with E-state index in [2.05, 4.69) is 42.2 Å². The van der Waals surface area contributed by atoms with Crippen LogP contribution >= 0.6 is 27.3 Å². The average molecular weight is 422 g/mol. The Hall–Kier alpha value is -2.03. The second kappa shape index (κ2) is 7.47. The van der Waals surface area contributed by atoms with Crippen LogP contribution in [0.5, 0.6) is 0 Å². The number of aromatic amines is 1. The molecule has 0 aliphatic rings. The number of nitrogens with zero attached hydrogens (tertiary/aromatic N) is 2. The lowest BCUT2D eigenvalue weighted by atomic mass is 10.1. The van der Waals surface area contributed by atoms with Gasteiger partial charge in [0.2, 0.25) is 0 Å². The van der Waals surface area contributed by atoms with Gasteiger partial charge in [0.15, 0.2) is 0 Å². The molecule has 3 aromatic rings. The highest BCUT2D eigenvalue weighted by molar-refractivity contribution is 9.11. The zero-order valence-corrected chi connectivity index (χ0v) is 16.1. The fourth-order valence-electron chi connectivity index (χ4n) is 2.56. The molecule has 8 heteroatoms. The molecule has 0 saturated heterocycles. The predicted octanol–water partition coefficient (Wildman–Crippen LogP) is 3.17. The molecule has 2 aromatic heterocycles. The Kier molecular flexibility index (Phi) is 5.31. The fraction of sp³-hybridized carbons (Fsp3) is 0.235. The Morgan fingerprint density at radius 3 is 2.84 bits per heavy atom. The van der Waals surface area contributed by atoms with E-state index in [0.29, 0.717) is 28.8 Å². The molecule has 25 heavy (non-hydrogen) atoms. The molecule has 0 amide bonds. The molecule has 0 saturated carbocycles. The Labute approximate surface area is 156 Å². The van der Waals surface area contributed by atoms with Crippen LogP contribution in [0.2, 0.25) is 0 Å². The number of aromatic nitrogens is 2. The molecular weight excluding hydrogens is 406 g/mol. The highest BCUT2D eigenvalue weighted by Crippen LogP contribution is 2.21. The molecule has 0 aliphatic heterocycles. The number of methoxy groups -OCH3 is 1. The molecule has 0 unspecified atom stereocenters. The average Bonchev–Trinajstić information content (AvgIpc) is 2.98. The van der Waals surface area contributed by atoms with E-state index in [-0.39, 0.29) is 5.56 Å². The molecule has 0 fully saturated rings. The van der Waals surface area contributed by atoms with Crippen molar-refractivity contribution in [1.82, 2.24) is 14.9 Å². The first-order chi connectivity index (χ1) is 12.0. The van der Waals surface area contributed by atoms with Crippen LogP contribution in [-0.2, 0) is 17.8 Å². The van der Waals surface area contributed by atoms with Crippen LogP contribution in [0, 0.1) is 0 Å². The Bertz CT molecular complexity index is 983. The van der Waals surface area contributed by atoms with E-state index >= 15 is 0 Å². The smallest absolute Gasteiger partial charge is 0.337 e. The van der Waals surface area contributed by atoms with E-state index in [1.165, 1.54) is 12.7 Å². The lowest BCUT2D eigenvalue weighted by molar-refractivity contribution is 0.0601. The summed E-state index contributed by atoms with van der Waals surface area (Å²) in [5.41, 5.74) is 1.82. The molecule has 0 spiro atoms. The van der Waals surface area contributed by atoms with Gasteiger partial charge >= 0.3 is 5.97 Å². The molecule has 2 heterocycles. The Morgan fingerprint density at radius 2 is 2.16 bits per heavy atom. The number of H-pyrrole nitrogens is 1. The van der Waals surface area contributed by atoms with Crippen molar-refractivity contribution in [2.24, 2.45) is 0 Å². The van der Waals surface area contributed by atoms with E-state index in [1.54, 1.807) is 29.5 Å². The number of benzene rings is 1. The van der Waals surface area contributed by atoms with Crippen LogP contribution in [0.15, 0.2) is 38.2 Å². The summed E-state index contributed by atoms with van der Waals surface area (Å²) >= 11 is 5.09. The van der Waals surface area contributed by atoms with E-state index in [9.17, 15) is 9.59 Å². The first kappa shape index (κ1) is 17.8. The Balaban J connectivity index is 1.85. The zero-order chi connectivity index (χ0) is 18.0. The normalized spacial score (nSPS) is 11.2. The molecule has 1 aromatic carbocycles. The standard InChI is InChI=1S/C17H16BrN3O3S/c1-21(7-10-5-14(18)25-9-10)8-15-19-13-6-11(17(23)24-2)3-4-12(13)16(22)20-15/h3-6,9H,7-8H2,1-2H3,(H,19,20,22). The minimum absolute atomic E-state index is 0.219. The van der Waals surface area contributed by atoms with Crippen molar-refractivity contribution in [3.05, 3.63) is 60.7 Å². The third kappa shape index (κ3) is 4.15. The summed E-state index contributed by atoms with van der Waals surface area (Å²) in [6.07, 6.45) is 0. The number of ether oxygens (including phenoxy) is 1. The number of carbonyl (C=O) groups is 1. The lowest BCUT2D eigenvalue weighted by Gasteiger charge is -2.15. The molecule has 130 valence electrons. The van der Waals surface area contributed by atoms with E-state index in [0.717, 1.165) is 10.3 Å². The third-order valence-electron chi connectivity index (χ3n) is 3.67. The number of hydrogen-bond donors (Lipinski definition) is 1. The van der Waals surface area contributed by atoms with Gasteiger partial charge < -0.3 is 9.72 Å². The van der Waals surface area contributed by atoms with Crippen molar-refractivity contribution >= 4 is 44.1 Å². The van der Waals surface area contributed by atoms with Crippen LogP contribution in [0.1, 0.15) is 21.7 Å². The maximum absolute atomic E-state index is 12.3. The van der Waals surface area contributed by atoms with Gasteiger partial charge in [-0.15, -0.1) is 11.3 Å². The maximum Gasteiger partial charge on any atom is 0.337 e. The van der Waals surface area contributed by atoms with Crippen LogP contribution in [0.4, 0.5) is 0 Å². The summed E-state index contributed by atoms with van der Waals surface area (Å²) in [4.78, 5) is 33.3. The first-order valence-electron chi connectivity index (χ1n) is 7.49. The Morgan fingerprint density at radius 1 is 1.36 bits per heavy atom. The highest BCUT2D eigenvalue weighted by Gasteiger charge is 2.11. The number of thiophene rings is 1. The van der Waals surface area contributed by atoms with Gasteiger partial charge in [-0.25, -0.2) is 9.78 Å². The molecule has 0 radical (unpaired) electrons. The van der Waals surface area contributed by atoms with Gasteiger partial charge in [0.05, 0.1) is 33.9 Å². The fourth-order valence-corrected chi connectivity index (χ4v) is 3.76. The third-order valence-corrected chi connectivity index (χ3v) is 5.22. The molecule has 6 nitrogen and oxygen atoms in total. The van der Waals surface area contributed by atoms with E-state index in [4.69, 9.17) is 4.74 Å². The zero-order valence-electron chi connectivity index (χ0n) is 13.7. The van der Waals surface area contributed by atoms with Gasteiger partial charge in [-0.05, 0) is 58.2 Å². The highest BCUT2D eigenvalue weighted by atomic mass is 79.9. The molecule has 0 bridgehead atoms. The van der Waals surface area contributed by atoms with Gasteiger partial charge in [-0.1, -0.05) is 0 Å². The predicted molar refractivity (Wildman–Crippen MR) is 101 cm³/mol. The monoisotopic (exact) mass is 421 g/mol. The topological polar surface area (TPSA) is 75.3 Å². The molecular formula is C17H16BrN3O3S.